The smallest absolute Gasteiger partial charge is 0.220 e. The van der Waals surface area contributed by atoms with Crippen LogP contribution in [0.3, 0.4) is 0 Å². The number of benzene rings is 1. The Hall–Kier alpha value is -2.24. The third-order valence-electron chi connectivity index (χ3n) is 3.45. The molecule has 3 rings (SSSR count). The summed E-state index contributed by atoms with van der Waals surface area (Å²) in [5.41, 5.74) is 2.74. The number of hydrogen-bond donors (Lipinski definition) is 1. The van der Waals surface area contributed by atoms with Crippen LogP contribution in [0.15, 0.2) is 54.0 Å². The van der Waals surface area contributed by atoms with E-state index in [0.717, 1.165) is 22.0 Å². The number of carbonyl (C=O) groups excluding carboxylic acids is 1. The number of hydrogen-bond acceptors (Lipinski definition) is 4. The van der Waals surface area contributed by atoms with Gasteiger partial charge >= 0.3 is 0 Å². The molecule has 2 heterocycles. The van der Waals surface area contributed by atoms with Crippen molar-refractivity contribution in [2.75, 3.05) is 0 Å². The van der Waals surface area contributed by atoms with Gasteiger partial charge < -0.3 is 5.32 Å². The number of carbonyl (C=O) groups is 1. The molecule has 122 valence electrons. The number of pyridine rings is 1. The Balaban J connectivity index is 1.48. The highest BCUT2D eigenvalue weighted by Gasteiger charge is 2.08. The lowest BCUT2D eigenvalue weighted by molar-refractivity contribution is -0.121. The zero-order valence-corrected chi connectivity index (χ0v) is 14.5. The summed E-state index contributed by atoms with van der Waals surface area (Å²) in [4.78, 5) is 20.8. The summed E-state index contributed by atoms with van der Waals surface area (Å²) in [6.45, 7) is 0.507. The maximum atomic E-state index is 12.0. The molecule has 0 aliphatic heterocycles. The highest BCUT2D eigenvalue weighted by Crippen LogP contribution is 2.20. The highest BCUT2D eigenvalue weighted by atomic mass is 35.5. The number of amides is 1. The number of aromatic nitrogens is 2. The van der Waals surface area contributed by atoms with Crippen LogP contribution < -0.4 is 5.32 Å². The number of nitrogens with zero attached hydrogens (tertiary/aromatic N) is 2. The summed E-state index contributed by atoms with van der Waals surface area (Å²) in [5, 5.41) is 6.52. The van der Waals surface area contributed by atoms with E-state index in [1.54, 1.807) is 17.5 Å². The van der Waals surface area contributed by atoms with Crippen molar-refractivity contribution < 1.29 is 4.79 Å². The Bertz CT molecular complexity index is 803. The van der Waals surface area contributed by atoms with Crippen LogP contribution in [0, 0.1) is 0 Å². The molecule has 3 aromatic rings. The fraction of sp³-hybridized carbons (Fsp3) is 0.167. The summed E-state index contributed by atoms with van der Waals surface area (Å²) in [7, 11) is 0. The average molecular weight is 358 g/mol. The molecule has 0 aliphatic carbocycles. The van der Waals surface area contributed by atoms with Gasteiger partial charge in [0.15, 0.2) is 0 Å². The van der Waals surface area contributed by atoms with E-state index in [1.807, 2.05) is 47.8 Å². The first-order chi connectivity index (χ1) is 11.7. The van der Waals surface area contributed by atoms with Crippen molar-refractivity contribution in [2.24, 2.45) is 0 Å². The maximum absolute atomic E-state index is 12.0. The Labute approximate surface area is 149 Å². The fourth-order valence-corrected chi connectivity index (χ4v) is 3.09. The van der Waals surface area contributed by atoms with E-state index in [-0.39, 0.29) is 5.91 Å². The predicted octanol–water partition coefficient (Wildman–Crippen LogP) is 4.11. The van der Waals surface area contributed by atoms with Gasteiger partial charge in [0.25, 0.3) is 0 Å². The molecule has 6 heteroatoms. The van der Waals surface area contributed by atoms with E-state index < -0.39 is 0 Å². The normalized spacial score (nSPS) is 10.5. The number of nitrogens with one attached hydrogen (secondary N) is 1. The molecule has 0 fully saturated rings. The molecule has 2 aromatic heterocycles. The number of thiazole rings is 1. The second-order valence-electron chi connectivity index (χ2n) is 5.24. The van der Waals surface area contributed by atoms with Gasteiger partial charge in [0.2, 0.25) is 5.91 Å². The van der Waals surface area contributed by atoms with Gasteiger partial charge in [0.05, 0.1) is 16.4 Å². The zero-order chi connectivity index (χ0) is 16.8. The summed E-state index contributed by atoms with van der Waals surface area (Å²) in [6.07, 6.45) is 2.80. The molecular formula is C18H16ClN3OS. The monoisotopic (exact) mass is 357 g/mol. The lowest BCUT2D eigenvalue weighted by Crippen LogP contribution is -2.22. The van der Waals surface area contributed by atoms with E-state index in [1.165, 1.54) is 0 Å². The molecular weight excluding hydrogens is 342 g/mol. The minimum absolute atomic E-state index is 0.0135. The molecule has 4 nitrogen and oxygen atoms in total. The van der Waals surface area contributed by atoms with Gasteiger partial charge in [-0.15, -0.1) is 11.3 Å². The van der Waals surface area contributed by atoms with Crippen LogP contribution in [0.2, 0.25) is 5.02 Å². The number of halogens is 1. The van der Waals surface area contributed by atoms with Crippen LogP contribution in [-0.4, -0.2) is 15.9 Å². The van der Waals surface area contributed by atoms with E-state index in [9.17, 15) is 4.79 Å². The molecule has 0 bridgehead atoms. The molecule has 0 saturated heterocycles. The molecule has 0 atom stereocenters. The molecule has 0 unspecified atom stereocenters. The van der Waals surface area contributed by atoms with Crippen LogP contribution in [0.4, 0.5) is 0 Å². The third-order valence-corrected chi connectivity index (χ3v) is 4.61. The molecule has 24 heavy (non-hydrogen) atoms. The van der Waals surface area contributed by atoms with E-state index in [4.69, 9.17) is 11.6 Å². The Morgan fingerprint density at radius 3 is 2.71 bits per heavy atom. The van der Waals surface area contributed by atoms with Gasteiger partial charge in [-0.25, -0.2) is 4.98 Å². The van der Waals surface area contributed by atoms with Crippen LogP contribution in [0.25, 0.3) is 11.4 Å². The SMILES string of the molecule is O=C(CCc1nc(-c2ccccn2)cs1)NCc1ccc(Cl)cc1. The largest absolute Gasteiger partial charge is 0.352 e. The van der Waals surface area contributed by atoms with Crippen molar-refractivity contribution in [1.82, 2.24) is 15.3 Å². The second kappa shape index (κ2) is 8.04. The summed E-state index contributed by atoms with van der Waals surface area (Å²) < 4.78 is 0. The summed E-state index contributed by atoms with van der Waals surface area (Å²) >= 11 is 7.40. The minimum atomic E-state index is 0.0135. The molecule has 0 aliphatic rings. The van der Waals surface area contributed by atoms with Crippen molar-refractivity contribution in [3.05, 3.63) is 69.6 Å². The van der Waals surface area contributed by atoms with Crippen molar-refractivity contribution in [2.45, 2.75) is 19.4 Å². The Kier molecular flexibility index (Phi) is 5.56. The lowest BCUT2D eigenvalue weighted by Gasteiger charge is -2.04. The molecule has 1 amide bonds. The van der Waals surface area contributed by atoms with Crippen molar-refractivity contribution in [3.63, 3.8) is 0 Å². The van der Waals surface area contributed by atoms with E-state index >= 15 is 0 Å². The first-order valence-corrected chi connectivity index (χ1v) is 8.83. The van der Waals surface area contributed by atoms with Gasteiger partial charge in [-0.2, -0.15) is 0 Å². The quantitative estimate of drug-likeness (QED) is 0.722. The van der Waals surface area contributed by atoms with Crippen LogP contribution in [-0.2, 0) is 17.8 Å². The van der Waals surface area contributed by atoms with Crippen LogP contribution >= 0.6 is 22.9 Å². The Morgan fingerprint density at radius 1 is 1.12 bits per heavy atom. The summed E-state index contributed by atoms with van der Waals surface area (Å²) in [6, 6.07) is 13.2. The van der Waals surface area contributed by atoms with Gasteiger partial charge in [-0.05, 0) is 29.8 Å². The average Bonchev–Trinajstić information content (AvgIpc) is 3.09. The first-order valence-electron chi connectivity index (χ1n) is 7.57. The van der Waals surface area contributed by atoms with Crippen LogP contribution in [0.1, 0.15) is 17.0 Å². The molecule has 0 saturated carbocycles. The van der Waals surface area contributed by atoms with E-state index in [0.29, 0.717) is 24.4 Å². The number of aryl methyl sites for hydroxylation is 1. The van der Waals surface area contributed by atoms with Gasteiger partial charge in [-0.3, -0.25) is 9.78 Å². The standard InChI is InChI=1S/C18H16ClN3OS/c19-14-6-4-13(5-7-14)11-21-17(23)8-9-18-22-16(12-24-18)15-3-1-2-10-20-15/h1-7,10,12H,8-9,11H2,(H,21,23). The van der Waals surface area contributed by atoms with Gasteiger partial charge in [0.1, 0.15) is 0 Å². The first kappa shape index (κ1) is 16.6. The Morgan fingerprint density at radius 2 is 1.96 bits per heavy atom. The summed E-state index contributed by atoms with van der Waals surface area (Å²) in [5.74, 6) is 0.0135. The maximum Gasteiger partial charge on any atom is 0.220 e. The van der Waals surface area contributed by atoms with Crippen molar-refractivity contribution in [1.29, 1.82) is 0 Å². The fourth-order valence-electron chi connectivity index (χ4n) is 2.17. The van der Waals surface area contributed by atoms with Crippen molar-refractivity contribution in [3.8, 4) is 11.4 Å². The van der Waals surface area contributed by atoms with Crippen LogP contribution in [0.5, 0.6) is 0 Å². The second-order valence-corrected chi connectivity index (χ2v) is 6.62. The van der Waals surface area contributed by atoms with Gasteiger partial charge in [-0.1, -0.05) is 29.8 Å². The molecule has 0 radical (unpaired) electrons. The molecule has 0 spiro atoms. The number of rotatable bonds is 6. The van der Waals surface area contributed by atoms with Crippen molar-refractivity contribution >= 4 is 28.8 Å². The van der Waals surface area contributed by atoms with Gasteiger partial charge in [0, 0.05) is 36.0 Å². The minimum Gasteiger partial charge on any atom is -0.352 e. The van der Waals surface area contributed by atoms with E-state index in [2.05, 4.69) is 15.3 Å². The third kappa shape index (κ3) is 4.63. The predicted molar refractivity (Wildman–Crippen MR) is 97.0 cm³/mol. The topological polar surface area (TPSA) is 54.9 Å². The highest BCUT2D eigenvalue weighted by molar-refractivity contribution is 7.09. The lowest BCUT2D eigenvalue weighted by atomic mass is 10.2. The zero-order valence-electron chi connectivity index (χ0n) is 12.9. The molecule has 1 N–H and O–H groups in total. The molecule has 1 aromatic carbocycles.